The molecule has 0 bridgehead atoms. The van der Waals surface area contributed by atoms with Gasteiger partial charge in [0.15, 0.2) is 0 Å². The maximum atomic E-state index is 12.3. The largest absolute Gasteiger partial charge is 0.496 e. The molecule has 1 aromatic carbocycles. The van der Waals surface area contributed by atoms with Crippen molar-refractivity contribution in [3.05, 3.63) is 29.3 Å². The molecule has 0 radical (unpaired) electrons. The Hall–Kier alpha value is -1.59. The number of ether oxygens (including phenoxy) is 2. The highest BCUT2D eigenvalue weighted by molar-refractivity contribution is 5.80. The van der Waals surface area contributed by atoms with E-state index in [-0.39, 0.29) is 18.9 Å². The summed E-state index contributed by atoms with van der Waals surface area (Å²) in [7, 11) is 1.60. The third-order valence-electron chi connectivity index (χ3n) is 3.94. The molecule has 0 atom stereocenters. The van der Waals surface area contributed by atoms with Crippen LogP contribution in [-0.4, -0.2) is 43.5 Å². The zero-order valence-corrected chi connectivity index (χ0v) is 12.6. The van der Waals surface area contributed by atoms with E-state index < -0.39 is 5.54 Å². The minimum absolute atomic E-state index is 0.0624. The van der Waals surface area contributed by atoms with Crippen molar-refractivity contribution in [3.63, 3.8) is 0 Å². The van der Waals surface area contributed by atoms with Crippen LogP contribution in [0.5, 0.6) is 5.75 Å². The van der Waals surface area contributed by atoms with Crippen molar-refractivity contribution in [2.24, 2.45) is 0 Å². The zero-order chi connectivity index (χ0) is 15.3. The third kappa shape index (κ3) is 3.95. The summed E-state index contributed by atoms with van der Waals surface area (Å²) in [5.41, 5.74) is 1.39. The van der Waals surface area contributed by atoms with Crippen LogP contribution in [0.2, 0.25) is 0 Å². The zero-order valence-electron chi connectivity index (χ0n) is 12.6. The molecule has 2 rings (SSSR count). The molecule has 2 N–H and O–H groups in total. The van der Waals surface area contributed by atoms with Crippen LogP contribution in [0.3, 0.4) is 0 Å². The summed E-state index contributed by atoms with van der Waals surface area (Å²) in [4.78, 5) is 12.3. The minimum Gasteiger partial charge on any atom is -0.496 e. The molecule has 0 aliphatic carbocycles. The van der Waals surface area contributed by atoms with Gasteiger partial charge in [-0.15, -0.1) is 0 Å². The Kier molecular flexibility index (Phi) is 5.20. The van der Waals surface area contributed by atoms with E-state index in [1.165, 1.54) is 0 Å². The Morgan fingerprint density at radius 3 is 2.76 bits per heavy atom. The fourth-order valence-electron chi connectivity index (χ4n) is 2.64. The number of amides is 1. The fraction of sp³-hybridized carbons (Fsp3) is 0.562. The van der Waals surface area contributed by atoms with Gasteiger partial charge in [-0.3, -0.25) is 4.79 Å². The molecule has 1 heterocycles. The molecule has 1 aliphatic heterocycles. The highest BCUT2D eigenvalue weighted by Crippen LogP contribution is 2.23. The first-order chi connectivity index (χ1) is 10.1. The van der Waals surface area contributed by atoms with Crippen LogP contribution in [0, 0.1) is 6.92 Å². The second kappa shape index (κ2) is 6.91. The van der Waals surface area contributed by atoms with Crippen LogP contribution in [-0.2, 0) is 16.0 Å². The van der Waals surface area contributed by atoms with Crippen LogP contribution >= 0.6 is 0 Å². The highest BCUT2D eigenvalue weighted by Gasteiger charge is 2.33. The van der Waals surface area contributed by atoms with Crippen molar-refractivity contribution >= 4 is 5.91 Å². The molecule has 0 spiro atoms. The number of carbonyl (C=O) groups excluding carboxylic acids is 1. The maximum Gasteiger partial charge on any atom is 0.225 e. The van der Waals surface area contributed by atoms with Gasteiger partial charge in [-0.1, -0.05) is 17.7 Å². The summed E-state index contributed by atoms with van der Waals surface area (Å²) in [6.45, 7) is 3.05. The summed E-state index contributed by atoms with van der Waals surface area (Å²) in [5.74, 6) is 0.607. The number of nitrogens with one attached hydrogen (secondary N) is 1. The second-order valence-corrected chi connectivity index (χ2v) is 5.59. The average molecular weight is 293 g/mol. The van der Waals surface area contributed by atoms with Crippen LogP contribution in [0.1, 0.15) is 24.0 Å². The average Bonchev–Trinajstić information content (AvgIpc) is 2.48. The molecule has 1 amide bonds. The number of benzene rings is 1. The normalized spacial score (nSPS) is 17.3. The first-order valence-electron chi connectivity index (χ1n) is 7.22. The molecule has 21 heavy (non-hydrogen) atoms. The van der Waals surface area contributed by atoms with Gasteiger partial charge < -0.3 is 19.9 Å². The van der Waals surface area contributed by atoms with Crippen molar-refractivity contribution in [2.45, 2.75) is 31.7 Å². The molecule has 0 aromatic heterocycles. The highest BCUT2D eigenvalue weighted by atomic mass is 16.5. The molecule has 1 aromatic rings. The topological polar surface area (TPSA) is 67.8 Å². The quantitative estimate of drug-likeness (QED) is 0.856. The summed E-state index contributed by atoms with van der Waals surface area (Å²) in [6.07, 6.45) is 1.52. The predicted molar refractivity (Wildman–Crippen MR) is 79.4 cm³/mol. The minimum atomic E-state index is -0.549. The number of carbonyl (C=O) groups is 1. The molecule has 0 saturated carbocycles. The lowest BCUT2D eigenvalue weighted by Gasteiger charge is -2.36. The van der Waals surface area contributed by atoms with Crippen molar-refractivity contribution in [1.82, 2.24) is 5.32 Å². The van der Waals surface area contributed by atoms with Crippen molar-refractivity contribution in [2.75, 3.05) is 26.9 Å². The van der Waals surface area contributed by atoms with E-state index in [1.807, 2.05) is 25.1 Å². The van der Waals surface area contributed by atoms with Crippen LogP contribution in [0.25, 0.3) is 0 Å². The van der Waals surface area contributed by atoms with Crippen molar-refractivity contribution in [3.8, 4) is 5.75 Å². The Morgan fingerprint density at radius 2 is 2.14 bits per heavy atom. The number of rotatable bonds is 5. The summed E-state index contributed by atoms with van der Waals surface area (Å²) >= 11 is 0. The molecule has 1 aliphatic rings. The Balaban J connectivity index is 2.05. The lowest BCUT2D eigenvalue weighted by atomic mass is 9.90. The number of hydrogen-bond donors (Lipinski definition) is 2. The Bertz CT molecular complexity index is 495. The summed E-state index contributed by atoms with van der Waals surface area (Å²) < 4.78 is 10.6. The molecule has 116 valence electrons. The Morgan fingerprint density at radius 1 is 1.43 bits per heavy atom. The SMILES string of the molecule is COc1ccc(C)cc1CC(=O)NC1(CO)CCOCC1. The van der Waals surface area contributed by atoms with Gasteiger partial charge in [-0.05, 0) is 25.8 Å². The van der Waals surface area contributed by atoms with Gasteiger partial charge >= 0.3 is 0 Å². The number of aliphatic hydroxyl groups excluding tert-OH is 1. The van der Waals surface area contributed by atoms with E-state index >= 15 is 0 Å². The van der Waals surface area contributed by atoms with Gasteiger partial charge in [0, 0.05) is 18.8 Å². The van der Waals surface area contributed by atoms with E-state index in [1.54, 1.807) is 7.11 Å². The third-order valence-corrected chi connectivity index (χ3v) is 3.94. The van der Waals surface area contributed by atoms with Crippen LogP contribution in [0.15, 0.2) is 18.2 Å². The van der Waals surface area contributed by atoms with E-state index in [9.17, 15) is 9.90 Å². The standard InChI is InChI=1S/C16H23NO4/c1-12-3-4-14(20-2)13(9-12)10-15(19)17-16(11-18)5-7-21-8-6-16/h3-4,9,18H,5-8,10-11H2,1-2H3,(H,17,19). The first kappa shape index (κ1) is 15.8. The molecular weight excluding hydrogens is 270 g/mol. The second-order valence-electron chi connectivity index (χ2n) is 5.59. The van der Waals surface area contributed by atoms with Crippen LogP contribution in [0.4, 0.5) is 0 Å². The lowest BCUT2D eigenvalue weighted by molar-refractivity contribution is -0.124. The smallest absolute Gasteiger partial charge is 0.225 e. The molecule has 1 fully saturated rings. The summed E-state index contributed by atoms with van der Waals surface area (Å²) in [6, 6.07) is 5.77. The molecule has 5 heteroatoms. The molecular formula is C16H23NO4. The Labute approximate surface area is 125 Å². The monoisotopic (exact) mass is 293 g/mol. The van der Waals surface area contributed by atoms with Gasteiger partial charge in [0.2, 0.25) is 5.91 Å². The van der Waals surface area contributed by atoms with E-state index in [0.29, 0.717) is 31.8 Å². The van der Waals surface area contributed by atoms with Gasteiger partial charge in [-0.25, -0.2) is 0 Å². The number of aliphatic hydroxyl groups is 1. The number of aryl methyl sites for hydroxylation is 1. The van der Waals surface area contributed by atoms with E-state index in [4.69, 9.17) is 9.47 Å². The van der Waals surface area contributed by atoms with Gasteiger partial charge in [0.25, 0.3) is 0 Å². The molecule has 5 nitrogen and oxygen atoms in total. The van der Waals surface area contributed by atoms with E-state index in [0.717, 1.165) is 11.1 Å². The van der Waals surface area contributed by atoms with Crippen molar-refractivity contribution in [1.29, 1.82) is 0 Å². The molecule has 0 unspecified atom stereocenters. The number of methoxy groups -OCH3 is 1. The van der Waals surface area contributed by atoms with Gasteiger partial charge in [-0.2, -0.15) is 0 Å². The van der Waals surface area contributed by atoms with E-state index in [2.05, 4.69) is 5.32 Å². The van der Waals surface area contributed by atoms with Crippen molar-refractivity contribution < 1.29 is 19.4 Å². The van der Waals surface area contributed by atoms with Gasteiger partial charge in [0.05, 0.1) is 25.7 Å². The maximum absolute atomic E-state index is 12.3. The fourth-order valence-corrected chi connectivity index (χ4v) is 2.64. The lowest BCUT2D eigenvalue weighted by Crippen LogP contribution is -2.55. The molecule has 1 saturated heterocycles. The summed E-state index contributed by atoms with van der Waals surface area (Å²) in [5, 5.41) is 12.6. The first-order valence-corrected chi connectivity index (χ1v) is 7.22. The van der Waals surface area contributed by atoms with Crippen LogP contribution < -0.4 is 10.1 Å². The number of hydrogen-bond acceptors (Lipinski definition) is 4. The predicted octanol–water partition coefficient (Wildman–Crippen LogP) is 1.20. The van der Waals surface area contributed by atoms with Gasteiger partial charge in [0.1, 0.15) is 5.75 Å².